The van der Waals surface area contributed by atoms with Crippen molar-refractivity contribution in [3.05, 3.63) is 18.0 Å². The molecule has 0 spiro atoms. The zero-order valence-electron chi connectivity index (χ0n) is 8.55. The van der Waals surface area contributed by atoms with Gasteiger partial charge in [-0.3, -0.25) is 14.7 Å². The Hall–Kier alpha value is -1.89. The smallest absolute Gasteiger partial charge is 0.257 e. The van der Waals surface area contributed by atoms with Crippen LogP contribution in [0, 0.1) is 0 Å². The zero-order valence-corrected chi connectivity index (χ0v) is 8.55. The number of hydrogen-bond donors (Lipinski definition) is 2. The van der Waals surface area contributed by atoms with E-state index in [4.69, 9.17) is 10.5 Å². The highest BCUT2D eigenvalue weighted by Gasteiger charge is 2.32. The largest absolute Gasteiger partial charge is 0.377 e. The molecule has 1 aliphatic heterocycles. The lowest BCUT2D eigenvalue weighted by Gasteiger charge is -2.33. The van der Waals surface area contributed by atoms with E-state index >= 15 is 0 Å². The number of nitrogens with one attached hydrogen (secondary N) is 1. The topological polar surface area (TPSA) is 101 Å². The maximum atomic E-state index is 12.0. The summed E-state index contributed by atoms with van der Waals surface area (Å²) in [6.45, 7) is 0.921. The molecule has 16 heavy (non-hydrogen) atoms. The van der Waals surface area contributed by atoms with E-state index in [2.05, 4.69) is 10.2 Å². The van der Waals surface area contributed by atoms with E-state index in [1.807, 2.05) is 0 Å². The first kappa shape index (κ1) is 10.6. The molecule has 0 aliphatic carbocycles. The normalized spacial score (nSPS) is 20.8. The van der Waals surface area contributed by atoms with Gasteiger partial charge in [0.1, 0.15) is 6.04 Å². The van der Waals surface area contributed by atoms with Crippen molar-refractivity contribution in [3.63, 3.8) is 0 Å². The number of rotatable bonds is 2. The molecule has 7 heteroatoms. The molecule has 7 nitrogen and oxygen atoms in total. The summed E-state index contributed by atoms with van der Waals surface area (Å²) in [4.78, 5) is 24.6. The highest BCUT2D eigenvalue weighted by atomic mass is 16.5. The number of nitrogens with zero attached hydrogens (tertiary/aromatic N) is 2. The van der Waals surface area contributed by atoms with E-state index in [1.54, 1.807) is 0 Å². The van der Waals surface area contributed by atoms with Crippen molar-refractivity contribution in [1.82, 2.24) is 15.1 Å². The van der Waals surface area contributed by atoms with Gasteiger partial charge in [-0.15, -0.1) is 0 Å². The fourth-order valence-corrected chi connectivity index (χ4v) is 1.62. The molecule has 0 saturated carbocycles. The second kappa shape index (κ2) is 4.31. The first-order valence-electron chi connectivity index (χ1n) is 4.87. The van der Waals surface area contributed by atoms with E-state index in [1.165, 1.54) is 17.3 Å². The van der Waals surface area contributed by atoms with Crippen LogP contribution in [0.4, 0.5) is 0 Å². The molecule has 2 rings (SSSR count). The van der Waals surface area contributed by atoms with Gasteiger partial charge in [0.15, 0.2) is 0 Å². The van der Waals surface area contributed by atoms with Crippen LogP contribution in [0.15, 0.2) is 12.4 Å². The third-order valence-electron chi connectivity index (χ3n) is 2.46. The molecule has 0 aromatic carbocycles. The fraction of sp³-hybridized carbons (Fsp3) is 0.444. The van der Waals surface area contributed by atoms with Gasteiger partial charge in [-0.25, -0.2) is 0 Å². The van der Waals surface area contributed by atoms with Crippen molar-refractivity contribution >= 4 is 11.8 Å². The van der Waals surface area contributed by atoms with Crippen LogP contribution in [0.1, 0.15) is 10.4 Å². The summed E-state index contributed by atoms with van der Waals surface area (Å²) < 4.78 is 5.12. The maximum absolute atomic E-state index is 12.0. The number of hydrogen-bond acceptors (Lipinski definition) is 4. The predicted molar refractivity (Wildman–Crippen MR) is 53.4 cm³/mol. The average Bonchev–Trinajstić information content (AvgIpc) is 2.81. The van der Waals surface area contributed by atoms with Crippen molar-refractivity contribution in [2.45, 2.75) is 6.04 Å². The quantitative estimate of drug-likeness (QED) is 0.654. The Morgan fingerprint density at radius 3 is 3.06 bits per heavy atom. The van der Waals surface area contributed by atoms with E-state index in [0.29, 0.717) is 18.7 Å². The molecule has 1 unspecified atom stereocenters. The number of ether oxygens (including phenoxy) is 1. The third kappa shape index (κ3) is 1.89. The monoisotopic (exact) mass is 224 g/mol. The Morgan fingerprint density at radius 1 is 1.62 bits per heavy atom. The zero-order chi connectivity index (χ0) is 11.5. The Kier molecular flexibility index (Phi) is 2.86. The van der Waals surface area contributed by atoms with Gasteiger partial charge < -0.3 is 15.4 Å². The molecule has 3 N–H and O–H groups in total. The Morgan fingerprint density at radius 2 is 2.44 bits per heavy atom. The molecule has 0 radical (unpaired) electrons. The van der Waals surface area contributed by atoms with Crippen molar-refractivity contribution < 1.29 is 14.3 Å². The SMILES string of the molecule is NC(=O)C1COCCN1C(=O)c1cn[nH]c1. The van der Waals surface area contributed by atoms with Crippen LogP contribution in [0.5, 0.6) is 0 Å². The number of nitrogens with two attached hydrogens (primary N) is 1. The lowest BCUT2D eigenvalue weighted by Crippen LogP contribution is -2.54. The lowest BCUT2D eigenvalue weighted by atomic mass is 10.2. The molecule has 1 atom stereocenters. The van der Waals surface area contributed by atoms with Crippen molar-refractivity contribution in [1.29, 1.82) is 0 Å². The molecule has 2 heterocycles. The second-order valence-corrected chi connectivity index (χ2v) is 3.48. The van der Waals surface area contributed by atoms with E-state index in [0.717, 1.165) is 0 Å². The van der Waals surface area contributed by atoms with Gasteiger partial charge in [-0.05, 0) is 0 Å². The summed E-state index contributed by atoms with van der Waals surface area (Å²) in [5.74, 6) is -0.822. The molecular formula is C9H12N4O3. The molecule has 86 valence electrons. The summed E-state index contributed by atoms with van der Waals surface area (Å²) in [7, 11) is 0. The van der Waals surface area contributed by atoms with Crippen LogP contribution < -0.4 is 5.73 Å². The molecule has 1 aromatic heterocycles. The van der Waals surface area contributed by atoms with Gasteiger partial charge in [0.2, 0.25) is 5.91 Å². The summed E-state index contributed by atoms with van der Waals surface area (Å²) >= 11 is 0. The minimum atomic E-state index is -0.698. The standard InChI is InChI=1S/C9H12N4O3/c10-8(14)7-5-16-2-1-13(7)9(15)6-3-11-12-4-6/h3-4,7H,1-2,5H2,(H2,10,14)(H,11,12). The van der Waals surface area contributed by atoms with Crippen LogP contribution in [0.25, 0.3) is 0 Å². The Labute approximate surface area is 91.5 Å². The fourth-order valence-electron chi connectivity index (χ4n) is 1.62. The summed E-state index contributed by atoms with van der Waals surface area (Å²) in [6, 6.07) is -0.698. The number of primary amides is 1. The number of morpholine rings is 1. The molecule has 1 aromatic rings. The van der Waals surface area contributed by atoms with Gasteiger partial charge >= 0.3 is 0 Å². The minimum Gasteiger partial charge on any atom is -0.377 e. The van der Waals surface area contributed by atoms with Crippen molar-refractivity contribution in [2.24, 2.45) is 5.73 Å². The lowest BCUT2D eigenvalue weighted by molar-refractivity contribution is -0.127. The average molecular weight is 224 g/mol. The predicted octanol–water partition coefficient (Wildman–Crippen LogP) is -1.26. The minimum absolute atomic E-state index is 0.152. The molecule has 1 fully saturated rings. The van der Waals surface area contributed by atoms with Crippen LogP contribution in [0.3, 0.4) is 0 Å². The van der Waals surface area contributed by atoms with Gasteiger partial charge in [0.05, 0.1) is 25.0 Å². The van der Waals surface area contributed by atoms with E-state index in [-0.39, 0.29) is 12.5 Å². The van der Waals surface area contributed by atoms with Crippen molar-refractivity contribution in [3.8, 4) is 0 Å². The highest BCUT2D eigenvalue weighted by Crippen LogP contribution is 2.11. The number of H-pyrrole nitrogens is 1. The molecule has 1 saturated heterocycles. The first-order chi connectivity index (χ1) is 7.70. The summed E-state index contributed by atoms with van der Waals surface area (Å²) in [5, 5.41) is 6.24. The summed E-state index contributed by atoms with van der Waals surface area (Å²) in [5.41, 5.74) is 5.62. The molecule has 1 aliphatic rings. The van der Waals surface area contributed by atoms with Crippen LogP contribution in [-0.4, -0.2) is 52.7 Å². The number of carbonyl (C=O) groups excluding carboxylic acids is 2. The number of carbonyl (C=O) groups is 2. The number of aromatic amines is 1. The van der Waals surface area contributed by atoms with Crippen LogP contribution in [0.2, 0.25) is 0 Å². The maximum Gasteiger partial charge on any atom is 0.257 e. The van der Waals surface area contributed by atoms with E-state index in [9.17, 15) is 9.59 Å². The van der Waals surface area contributed by atoms with Gasteiger partial charge in [-0.1, -0.05) is 0 Å². The third-order valence-corrected chi connectivity index (χ3v) is 2.46. The number of aromatic nitrogens is 2. The Balaban J connectivity index is 2.17. The highest BCUT2D eigenvalue weighted by molar-refractivity contribution is 5.97. The molecule has 0 bridgehead atoms. The molecular weight excluding hydrogens is 212 g/mol. The van der Waals surface area contributed by atoms with Gasteiger partial charge in [0, 0.05) is 12.7 Å². The van der Waals surface area contributed by atoms with Crippen molar-refractivity contribution in [2.75, 3.05) is 19.8 Å². The van der Waals surface area contributed by atoms with Crippen LogP contribution in [-0.2, 0) is 9.53 Å². The van der Waals surface area contributed by atoms with E-state index < -0.39 is 11.9 Å². The second-order valence-electron chi connectivity index (χ2n) is 3.48. The number of amides is 2. The van der Waals surface area contributed by atoms with Crippen LogP contribution >= 0.6 is 0 Å². The van der Waals surface area contributed by atoms with Gasteiger partial charge in [0.25, 0.3) is 5.91 Å². The Bertz CT molecular complexity index is 389. The molecule has 2 amide bonds. The summed E-state index contributed by atoms with van der Waals surface area (Å²) in [6.07, 6.45) is 2.89. The first-order valence-corrected chi connectivity index (χ1v) is 4.87. The van der Waals surface area contributed by atoms with Gasteiger partial charge in [-0.2, -0.15) is 5.10 Å².